The van der Waals surface area contributed by atoms with Crippen molar-refractivity contribution in [2.75, 3.05) is 0 Å². The highest BCUT2D eigenvalue weighted by molar-refractivity contribution is 6.91. The molecule has 5 atom stereocenters. The molecule has 0 saturated heterocycles. The van der Waals surface area contributed by atoms with Crippen molar-refractivity contribution in [3.63, 3.8) is 0 Å². The summed E-state index contributed by atoms with van der Waals surface area (Å²) in [5, 5.41) is 1.53. The molecule has 0 radical (unpaired) electrons. The molecule has 3 aromatic rings. The Morgan fingerprint density at radius 3 is 1.68 bits per heavy atom. The first kappa shape index (κ1) is 20.7. The maximum atomic E-state index is 6.72. The van der Waals surface area contributed by atoms with Crippen LogP contribution in [0.5, 0.6) is 0 Å². The molecule has 0 unspecified atom stereocenters. The molecule has 3 aromatic carbocycles. The van der Waals surface area contributed by atoms with Gasteiger partial charge in [0.25, 0.3) is 0 Å². The summed E-state index contributed by atoms with van der Waals surface area (Å²) in [4.78, 5) is 0. The van der Waals surface area contributed by atoms with E-state index in [2.05, 4.69) is 104 Å². The highest BCUT2D eigenvalue weighted by Crippen LogP contribution is 2.63. The van der Waals surface area contributed by atoms with Crippen LogP contribution >= 0.6 is 0 Å². The Labute approximate surface area is 187 Å². The molecular formula is C28H32O2Si. The Hall–Kier alpha value is -2.20. The van der Waals surface area contributed by atoms with Crippen molar-refractivity contribution in [1.29, 1.82) is 0 Å². The minimum atomic E-state index is -1.72. The van der Waals surface area contributed by atoms with E-state index in [4.69, 9.17) is 9.47 Å². The van der Waals surface area contributed by atoms with Crippen LogP contribution < -0.4 is 5.19 Å². The minimum absolute atomic E-state index is 0.162. The largest absolute Gasteiger partial charge is 0.371 e. The van der Waals surface area contributed by atoms with Gasteiger partial charge in [0, 0.05) is 0 Å². The Morgan fingerprint density at radius 1 is 0.645 bits per heavy atom. The molecule has 0 bridgehead atoms. The predicted molar refractivity (Wildman–Crippen MR) is 129 cm³/mol. The molecule has 0 amide bonds. The summed E-state index contributed by atoms with van der Waals surface area (Å²) >= 11 is 0. The van der Waals surface area contributed by atoms with Gasteiger partial charge in [-0.3, -0.25) is 0 Å². The highest BCUT2D eigenvalue weighted by atomic mass is 28.3. The minimum Gasteiger partial charge on any atom is -0.371 e. The van der Waals surface area contributed by atoms with E-state index < -0.39 is 8.07 Å². The molecule has 2 aliphatic carbocycles. The lowest BCUT2D eigenvalue weighted by Crippen LogP contribution is -2.52. The molecule has 2 saturated carbocycles. The monoisotopic (exact) mass is 428 g/mol. The van der Waals surface area contributed by atoms with Crippen molar-refractivity contribution < 1.29 is 9.47 Å². The zero-order valence-corrected chi connectivity index (χ0v) is 19.5. The molecule has 31 heavy (non-hydrogen) atoms. The van der Waals surface area contributed by atoms with Gasteiger partial charge in [0.15, 0.2) is 0 Å². The first-order valence-corrected chi connectivity index (χ1v) is 14.6. The van der Waals surface area contributed by atoms with Gasteiger partial charge >= 0.3 is 0 Å². The third-order valence-corrected chi connectivity index (χ3v) is 11.6. The molecule has 0 heterocycles. The smallest absolute Gasteiger partial charge is 0.0872 e. The lowest BCUT2D eigenvalue weighted by Gasteiger charge is -2.38. The normalized spacial score (nSPS) is 27.1. The first-order valence-electron chi connectivity index (χ1n) is 11.5. The van der Waals surface area contributed by atoms with Crippen LogP contribution in [0, 0.1) is 11.8 Å². The maximum absolute atomic E-state index is 6.72. The van der Waals surface area contributed by atoms with Crippen LogP contribution in [0.15, 0.2) is 91.0 Å². The SMILES string of the molecule is C[Si](C)(c1ccccc1)[C@@H]1[C@H]2C[C@H]2[C@@H](OCc2ccccc2)[C@H]1OCc1ccccc1. The molecule has 5 rings (SSSR count). The zero-order valence-electron chi connectivity index (χ0n) is 18.5. The number of benzene rings is 3. The Balaban J connectivity index is 1.39. The van der Waals surface area contributed by atoms with E-state index in [1.165, 1.54) is 22.7 Å². The number of hydrogen-bond donors (Lipinski definition) is 0. The molecule has 2 aliphatic rings. The lowest BCUT2D eigenvalue weighted by molar-refractivity contribution is -0.0817. The van der Waals surface area contributed by atoms with Crippen LogP contribution in [0.4, 0.5) is 0 Å². The zero-order chi connectivity index (χ0) is 21.3. The molecule has 0 N–H and O–H groups in total. The summed E-state index contributed by atoms with van der Waals surface area (Å²) in [7, 11) is -1.72. The van der Waals surface area contributed by atoms with Crippen molar-refractivity contribution in [2.45, 2.75) is 50.5 Å². The van der Waals surface area contributed by atoms with E-state index >= 15 is 0 Å². The topological polar surface area (TPSA) is 18.5 Å². The molecule has 0 spiro atoms. The maximum Gasteiger partial charge on any atom is 0.0872 e. The number of hydrogen-bond acceptors (Lipinski definition) is 2. The van der Waals surface area contributed by atoms with Crippen molar-refractivity contribution in [3.8, 4) is 0 Å². The first-order chi connectivity index (χ1) is 15.1. The van der Waals surface area contributed by atoms with Gasteiger partial charge in [-0.05, 0) is 34.9 Å². The average molecular weight is 429 g/mol. The molecule has 0 aliphatic heterocycles. The summed E-state index contributed by atoms with van der Waals surface area (Å²) in [6.07, 6.45) is 1.64. The van der Waals surface area contributed by atoms with Crippen LogP contribution in [0.3, 0.4) is 0 Å². The molecule has 160 valence electrons. The van der Waals surface area contributed by atoms with Crippen LogP contribution in [-0.4, -0.2) is 20.3 Å². The second-order valence-electron chi connectivity index (χ2n) is 9.70. The highest BCUT2D eigenvalue weighted by Gasteiger charge is 2.65. The second-order valence-corrected chi connectivity index (χ2v) is 14.4. The van der Waals surface area contributed by atoms with Gasteiger partial charge < -0.3 is 9.47 Å². The van der Waals surface area contributed by atoms with Crippen LogP contribution in [-0.2, 0) is 22.7 Å². The predicted octanol–water partition coefficient (Wildman–Crippen LogP) is 5.79. The quantitative estimate of drug-likeness (QED) is 0.423. The van der Waals surface area contributed by atoms with Gasteiger partial charge in [0.1, 0.15) is 0 Å². The van der Waals surface area contributed by atoms with Crippen LogP contribution in [0.2, 0.25) is 18.6 Å². The van der Waals surface area contributed by atoms with Gasteiger partial charge in [-0.25, -0.2) is 0 Å². The van der Waals surface area contributed by atoms with E-state index in [0.29, 0.717) is 24.7 Å². The van der Waals surface area contributed by atoms with Gasteiger partial charge in [-0.1, -0.05) is 109 Å². The Bertz CT molecular complexity index is 974. The van der Waals surface area contributed by atoms with Crippen molar-refractivity contribution in [3.05, 3.63) is 102 Å². The standard InChI is InChI=1S/C28H32O2Si/c1-31(2,23-16-10-5-11-17-23)28-25-18-24(25)26(29-19-21-12-6-3-7-13-21)27(28)30-20-22-14-8-4-9-15-22/h3-17,24-28H,18-20H2,1-2H3/t24-,25+,26-,27-,28-/m1/s1. The Kier molecular flexibility index (Phi) is 5.83. The number of fused-ring (bicyclic) bond motifs is 1. The van der Waals surface area contributed by atoms with E-state index in [-0.39, 0.29) is 12.2 Å². The van der Waals surface area contributed by atoms with Gasteiger partial charge in [0.05, 0.1) is 33.5 Å². The molecule has 0 aromatic heterocycles. The summed E-state index contributed by atoms with van der Waals surface area (Å²) in [5.41, 5.74) is 3.07. The average Bonchev–Trinajstić information content (AvgIpc) is 3.52. The molecule has 2 nitrogen and oxygen atoms in total. The summed E-state index contributed by atoms with van der Waals surface area (Å²) in [6.45, 7) is 6.38. The Morgan fingerprint density at radius 2 is 1.13 bits per heavy atom. The van der Waals surface area contributed by atoms with E-state index in [9.17, 15) is 0 Å². The fourth-order valence-corrected chi connectivity index (χ4v) is 9.67. The van der Waals surface area contributed by atoms with Crippen molar-refractivity contribution in [1.82, 2.24) is 0 Å². The lowest BCUT2D eigenvalue weighted by atomic mass is 10.1. The summed E-state index contributed by atoms with van der Waals surface area (Å²) < 4.78 is 13.3. The van der Waals surface area contributed by atoms with Gasteiger partial charge in [-0.2, -0.15) is 0 Å². The molecular weight excluding hydrogens is 396 g/mol. The van der Waals surface area contributed by atoms with Crippen molar-refractivity contribution >= 4 is 13.3 Å². The van der Waals surface area contributed by atoms with E-state index in [0.717, 1.165) is 5.92 Å². The fraction of sp³-hybridized carbons (Fsp3) is 0.357. The van der Waals surface area contributed by atoms with Crippen molar-refractivity contribution in [2.24, 2.45) is 11.8 Å². The fourth-order valence-electron chi connectivity index (χ4n) is 5.67. The van der Waals surface area contributed by atoms with E-state index in [1.54, 1.807) is 0 Å². The summed E-state index contributed by atoms with van der Waals surface area (Å²) in [5.74, 6) is 1.38. The third kappa shape index (κ3) is 4.27. The number of rotatable bonds is 8. The van der Waals surface area contributed by atoms with Crippen LogP contribution in [0.25, 0.3) is 0 Å². The second kappa shape index (κ2) is 8.74. The molecule has 3 heteroatoms. The van der Waals surface area contributed by atoms with Gasteiger partial charge in [0.2, 0.25) is 0 Å². The summed E-state index contributed by atoms with van der Waals surface area (Å²) in [6, 6.07) is 32.3. The number of ether oxygens (including phenoxy) is 2. The molecule has 2 fully saturated rings. The van der Waals surface area contributed by atoms with Crippen LogP contribution in [0.1, 0.15) is 17.5 Å². The van der Waals surface area contributed by atoms with Gasteiger partial charge in [-0.15, -0.1) is 0 Å². The van der Waals surface area contributed by atoms with E-state index in [1.807, 2.05) is 0 Å². The third-order valence-electron chi connectivity index (χ3n) is 7.37.